The van der Waals surface area contributed by atoms with Crippen molar-refractivity contribution >= 4 is 40.3 Å². The number of hydrogen-bond donors (Lipinski definition) is 0. The van der Waals surface area contributed by atoms with Crippen molar-refractivity contribution in [2.24, 2.45) is 5.92 Å². The molecule has 1 aliphatic carbocycles. The first-order valence-corrected chi connectivity index (χ1v) is 8.31. The molecule has 1 aromatic rings. The second kappa shape index (κ2) is 7.23. The molecule has 0 aromatic carbocycles. The Morgan fingerprint density at radius 2 is 2.25 bits per heavy atom. The lowest BCUT2D eigenvalue weighted by Gasteiger charge is -2.28. The Hall–Kier alpha value is -0.130. The molecule has 0 N–H and O–H groups in total. The largest absolute Gasteiger partial charge is 0.383 e. The van der Waals surface area contributed by atoms with E-state index in [0.717, 1.165) is 6.54 Å². The van der Waals surface area contributed by atoms with Gasteiger partial charge in [0, 0.05) is 19.7 Å². The molecule has 0 saturated heterocycles. The minimum absolute atomic E-state index is 0.0294. The van der Waals surface area contributed by atoms with Crippen LogP contribution in [0.5, 0.6) is 0 Å². The average molecular weight is 336 g/mol. The maximum Gasteiger partial charge on any atom is 0.179 e. The summed E-state index contributed by atoms with van der Waals surface area (Å²) in [4.78, 5) is 14.6. The van der Waals surface area contributed by atoms with Crippen LogP contribution in [-0.2, 0) is 4.74 Å². The van der Waals surface area contributed by atoms with Gasteiger partial charge in [-0.05, 0) is 31.7 Å². The molecule has 1 saturated carbocycles. The van der Waals surface area contributed by atoms with E-state index in [9.17, 15) is 4.79 Å². The van der Waals surface area contributed by atoms with E-state index in [1.54, 1.807) is 13.2 Å². The van der Waals surface area contributed by atoms with E-state index in [4.69, 9.17) is 27.9 Å². The number of hydrogen-bond acceptors (Lipinski definition) is 4. The highest BCUT2D eigenvalue weighted by molar-refractivity contribution is 7.20. The number of nitrogens with zero attached hydrogens (tertiary/aromatic N) is 1. The van der Waals surface area contributed by atoms with E-state index in [1.807, 2.05) is 0 Å². The minimum Gasteiger partial charge on any atom is -0.383 e. The van der Waals surface area contributed by atoms with Crippen LogP contribution in [0.3, 0.4) is 0 Å². The van der Waals surface area contributed by atoms with Gasteiger partial charge in [-0.15, -0.1) is 11.3 Å². The van der Waals surface area contributed by atoms with E-state index >= 15 is 0 Å². The lowest BCUT2D eigenvalue weighted by Crippen LogP contribution is -2.40. The topological polar surface area (TPSA) is 29.5 Å². The zero-order valence-electron chi connectivity index (χ0n) is 11.7. The molecule has 0 radical (unpaired) electrons. The Bertz CT molecular complexity index is 474. The molecule has 1 aliphatic rings. The van der Waals surface area contributed by atoms with E-state index in [-0.39, 0.29) is 5.78 Å². The lowest BCUT2D eigenvalue weighted by molar-refractivity contribution is 0.0817. The maximum absolute atomic E-state index is 12.4. The van der Waals surface area contributed by atoms with Crippen molar-refractivity contribution in [3.63, 3.8) is 0 Å². The monoisotopic (exact) mass is 335 g/mol. The number of carbonyl (C=O) groups is 1. The molecule has 6 heteroatoms. The third-order valence-corrected chi connectivity index (χ3v) is 5.25. The fraction of sp³-hybridized carbons (Fsp3) is 0.643. The standard InChI is InChI=1S/C14H19Cl2NO2S/c1-9(10-3-4-10)17(5-6-19-2)8-12(18)11-7-13(15)20-14(11)16/h7,9-10H,3-6,8H2,1-2H3. The SMILES string of the molecule is COCCN(CC(=O)c1cc(Cl)sc1Cl)C(C)C1CC1. The van der Waals surface area contributed by atoms with Crippen molar-refractivity contribution in [2.45, 2.75) is 25.8 Å². The predicted octanol–water partition coefficient (Wildman–Crippen LogP) is 3.98. The van der Waals surface area contributed by atoms with Gasteiger partial charge in [-0.1, -0.05) is 23.2 Å². The molecule has 3 nitrogen and oxygen atoms in total. The molecule has 0 amide bonds. The fourth-order valence-corrected chi connectivity index (χ4v) is 3.81. The molecule has 0 aliphatic heterocycles. The zero-order chi connectivity index (χ0) is 14.7. The first-order chi connectivity index (χ1) is 9.52. The summed E-state index contributed by atoms with van der Waals surface area (Å²) in [5, 5.41) is 0. The van der Waals surface area contributed by atoms with Crippen LogP contribution < -0.4 is 0 Å². The van der Waals surface area contributed by atoms with Gasteiger partial charge in [0.05, 0.1) is 23.1 Å². The normalized spacial score (nSPS) is 16.6. The van der Waals surface area contributed by atoms with Crippen LogP contribution in [0.15, 0.2) is 6.07 Å². The second-order valence-corrected chi connectivity index (χ2v) is 7.49. The Morgan fingerprint density at radius 1 is 1.55 bits per heavy atom. The van der Waals surface area contributed by atoms with E-state index < -0.39 is 0 Å². The molecule has 20 heavy (non-hydrogen) atoms. The summed E-state index contributed by atoms with van der Waals surface area (Å²) in [6, 6.07) is 2.06. The predicted molar refractivity (Wildman–Crippen MR) is 84.3 cm³/mol. The summed E-state index contributed by atoms with van der Waals surface area (Å²) >= 11 is 13.2. The van der Waals surface area contributed by atoms with Gasteiger partial charge < -0.3 is 4.74 Å². The van der Waals surface area contributed by atoms with Gasteiger partial charge in [0.1, 0.15) is 4.34 Å². The minimum atomic E-state index is 0.0294. The fourth-order valence-electron chi connectivity index (χ4n) is 2.31. The highest BCUT2D eigenvalue weighted by Gasteiger charge is 2.33. The number of thiophene rings is 1. The first kappa shape index (κ1) is 16.2. The molecule has 2 rings (SSSR count). The van der Waals surface area contributed by atoms with Crippen molar-refractivity contribution in [2.75, 3.05) is 26.8 Å². The zero-order valence-corrected chi connectivity index (χ0v) is 14.0. The number of ketones is 1. The number of rotatable bonds is 8. The van der Waals surface area contributed by atoms with Crippen molar-refractivity contribution in [1.29, 1.82) is 0 Å². The molecule has 1 fully saturated rings. The van der Waals surface area contributed by atoms with Crippen molar-refractivity contribution in [3.05, 3.63) is 20.3 Å². The molecular formula is C14H19Cl2NO2S. The molecule has 1 unspecified atom stereocenters. The van der Waals surface area contributed by atoms with Crippen LogP contribution in [0.4, 0.5) is 0 Å². The van der Waals surface area contributed by atoms with Gasteiger partial charge in [0.15, 0.2) is 5.78 Å². The third kappa shape index (κ3) is 4.18. The van der Waals surface area contributed by atoms with Crippen molar-refractivity contribution < 1.29 is 9.53 Å². The van der Waals surface area contributed by atoms with E-state index in [2.05, 4.69) is 11.8 Å². The van der Waals surface area contributed by atoms with Gasteiger partial charge in [-0.2, -0.15) is 0 Å². The molecular weight excluding hydrogens is 317 g/mol. The second-order valence-electron chi connectivity index (χ2n) is 5.20. The number of carbonyl (C=O) groups excluding carboxylic acids is 1. The van der Waals surface area contributed by atoms with E-state index in [1.165, 1.54) is 24.2 Å². The van der Waals surface area contributed by atoms with E-state index in [0.29, 0.717) is 39.3 Å². The molecule has 1 aromatic heterocycles. The Balaban J connectivity index is 2.02. The van der Waals surface area contributed by atoms with Crippen LogP contribution in [0.25, 0.3) is 0 Å². The summed E-state index contributed by atoms with van der Waals surface area (Å²) in [6.07, 6.45) is 2.51. The number of methoxy groups -OCH3 is 1. The molecule has 1 atom stereocenters. The maximum atomic E-state index is 12.4. The molecule has 112 valence electrons. The van der Waals surface area contributed by atoms with Gasteiger partial charge >= 0.3 is 0 Å². The van der Waals surface area contributed by atoms with Crippen LogP contribution >= 0.6 is 34.5 Å². The Labute approximate surface area is 133 Å². The number of halogens is 2. The van der Waals surface area contributed by atoms with Crippen LogP contribution in [-0.4, -0.2) is 43.5 Å². The van der Waals surface area contributed by atoms with Gasteiger partial charge in [-0.3, -0.25) is 9.69 Å². The first-order valence-electron chi connectivity index (χ1n) is 6.74. The summed E-state index contributed by atoms with van der Waals surface area (Å²) in [5.74, 6) is 0.739. The molecule has 0 bridgehead atoms. The van der Waals surface area contributed by atoms with Crippen LogP contribution in [0.2, 0.25) is 8.67 Å². The van der Waals surface area contributed by atoms with Gasteiger partial charge in [0.25, 0.3) is 0 Å². The van der Waals surface area contributed by atoms with Gasteiger partial charge in [-0.25, -0.2) is 0 Å². The quantitative estimate of drug-likeness (QED) is 0.673. The van der Waals surface area contributed by atoms with Gasteiger partial charge in [0.2, 0.25) is 0 Å². The number of ether oxygens (including phenoxy) is 1. The Kier molecular flexibility index (Phi) is 5.87. The Morgan fingerprint density at radius 3 is 2.75 bits per heavy atom. The summed E-state index contributed by atoms with van der Waals surface area (Å²) < 4.78 is 6.17. The van der Waals surface area contributed by atoms with Crippen molar-refractivity contribution in [1.82, 2.24) is 4.90 Å². The van der Waals surface area contributed by atoms with Crippen molar-refractivity contribution in [3.8, 4) is 0 Å². The summed E-state index contributed by atoms with van der Waals surface area (Å²) in [5.41, 5.74) is 0.534. The lowest BCUT2D eigenvalue weighted by atomic mass is 10.1. The highest BCUT2D eigenvalue weighted by Crippen LogP contribution is 2.36. The van der Waals surface area contributed by atoms with Crippen LogP contribution in [0, 0.1) is 5.92 Å². The molecule has 1 heterocycles. The molecule has 0 spiro atoms. The number of Topliss-reactive ketones (excluding diaryl/α,β-unsaturated/α-hetero) is 1. The highest BCUT2D eigenvalue weighted by atomic mass is 35.5. The average Bonchev–Trinajstić information content (AvgIpc) is 3.19. The smallest absolute Gasteiger partial charge is 0.179 e. The summed E-state index contributed by atoms with van der Waals surface area (Å²) in [6.45, 7) is 3.94. The third-order valence-electron chi connectivity index (χ3n) is 3.77. The van der Waals surface area contributed by atoms with Crippen LogP contribution in [0.1, 0.15) is 30.1 Å². The summed E-state index contributed by atoms with van der Waals surface area (Å²) in [7, 11) is 1.68.